The number of aldehydes is 1. The molecule has 3 heterocycles. The Bertz CT molecular complexity index is 1390. The van der Waals surface area contributed by atoms with Gasteiger partial charge in [-0.3, -0.25) is 4.98 Å². The minimum atomic E-state index is -0.214. The van der Waals surface area contributed by atoms with E-state index in [4.69, 9.17) is 9.98 Å². The predicted octanol–water partition coefficient (Wildman–Crippen LogP) is 6.19. The van der Waals surface area contributed by atoms with Crippen molar-refractivity contribution in [1.82, 2.24) is 9.97 Å². The molecule has 1 atom stereocenters. The first kappa shape index (κ1) is 26.1. The Hall–Kier alpha value is -3.54. The molecule has 0 spiro atoms. The summed E-state index contributed by atoms with van der Waals surface area (Å²) in [7, 11) is 0. The van der Waals surface area contributed by atoms with Gasteiger partial charge in [0.2, 0.25) is 0 Å². The summed E-state index contributed by atoms with van der Waals surface area (Å²) in [6, 6.07) is 14.5. The van der Waals surface area contributed by atoms with E-state index in [1.165, 1.54) is 5.56 Å². The number of fused-ring (bicyclic) bond motifs is 1. The van der Waals surface area contributed by atoms with Gasteiger partial charge in [-0.05, 0) is 85.4 Å². The van der Waals surface area contributed by atoms with Crippen molar-refractivity contribution in [3.63, 3.8) is 0 Å². The highest BCUT2D eigenvalue weighted by atomic mass is 32.2. The summed E-state index contributed by atoms with van der Waals surface area (Å²) in [4.78, 5) is 26.4. The molecule has 2 N–H and O–H groups in total. The van der Waals surface area contributed by atoms with Crippen molar-refractivity contribution >= 4 is 34.7 Å². The van der Waals surface area contributed by atoms with E-state index in [2.05, 4.69) is 41.5 Å². The molecule has 194 valence electrons. The molecule has 1 aliphatic carbocycles. The van der Waals surface area contributed by atoms with Crippen molar-refractivity contribution in [1.29, 1.82) is 5.26 Å². The number of nitrogens with zero attached hydrogens (tertiary/aromatic N) is 4. The Morgan fingerprint density at radius 3 is 2.76 bits per heavy atom. The summed E-state index contributed by atoms with van der Waals surface area (Å²) in [5.41, 5.74) is 4.64. The standard InChI is InChI=1S/C30H31N5O2S/c1-19-2-9-30(38-27-15-22(3-8-26(19)27)23-12-21(16-31)17-32-18-23)35-29-14-20(10-11-36)13-28(34-29)33-24-4-6-25(37)7-5-24/h3,8,11-15,17-19,24-25,37H,2,4-7,9-10H2,1H3,(H,33,34). The largest absolute Gasteiger partial charge is 0.393 e. The van der Waals surface area contributed by atoms with Gasteiger partial charge in [0, 0.05) is 35.3 Å². The number of benzene rings is 1. The maximum absolute atomic E-state index is 11.3. The number of nitrogens with one attached hydrogen (secondary N) is 1. The Labute approximate surface area is 227 Å². The maximum atomic E-state index is 11.3. The molecule has 1 unspecified atom stereocenters. The molecule has 1 aromatic carbocycles. The third-order valence-corrected chi connectivity index (χ3v) is 8.35. The quantitative estimate of drug-likeness (QED) is 0.369. The number of carbonyl (C=O) groups is 1. The zero-order valence-corrected chi connectivity index (χ0v) is 22.2. The van der Waals surface area contributed by atoms with Gasteiger partial charge in [0.25, 0.3) is 0 Å². The molecule has 8 heteroatoms. The van der Waals surface area contributed by atoms with Crippen molar-refractivity contribution in [2.75, 3.05) is 5.32 Å². The van der Waals surface area contributed by atoms with Crippen LogP contribution in [0.3, 0.4) is 0 Å². The van der Waals surface area contributed by atoms with Crippen LogP contribution in [0.4, 0.5) is 11.6 Å². The lowest BCUT2D eigenvalue weighted by Crippen LogP contribution is -2.28. The first-order valence-electron chi connectivity index (χ1n) is 13.1. The normalized spacial score (nSPS) is 22.2. The Balaban J connectivity index is 1.43. The van der Waals surface area contributed by atoms with Gasteiger partial charge in [0.05, 0.1) is 16.7 Å². The summed E-state index contributed by atoms with van der Waals surface area (Å²) in [5.74, 6) is 1.71. The van der Waals surface area contributed by atoms with E-state index in [1.54, 1.807) is 24.2 Å². The number of pyridine rings is 2. The second kappa shape index (κ2) is 11.9. The molecule has 0 amide bonds. The van der Waals surface area contributed by atoms with Gasteiger partial charge < -0.3 is 15.2 Å². The van der Waals surface area contributed by atoms with E-state index < -0.39 is 0 Å². The molecule has 0 saturated heterocycles. The van der Waals surface area contributed by atoms with E-state index in [0.29, 0.717) is 23.7 Å². The van der Waals surface area contributed by atoms with E-state index in [-0.39, 0.29) is 12.1 Å². The first-order valence-corrected chi connectivity index (χ1v) is 14.0. The fraction of sp³-hybridized carbons (Fsp3) is 0.367. The summed E-state index contributed by atoms with van der Waals surface area (Å²) >= 11 is 1.66. The second-order valence-electron chi connectivity index (χ2n) is 10.1. The fourth-order valence-electron chi connectivity index (χ4n) is 5.09. The smallest absolute Gasteiger partial charge is 0.155 e. The Kier molecular flexibility index (Phi) is 8.16. The highest BCUT2D eigenvalue weighted by molar-refractivity contribution is 8.14. The number of anilines is 1. The summed E-state index contributed by atoms with van der Waals surface area (Å²) in [6.45, 7) is 2.24. The first-order chi connectivity index (χ1) is 18.5. The van der Waals surface area contributed by atoms with Crippen LogP contribution in [0.1, 0.15) is 68.1 Å². The zero-order valence-electron chi connectivity index (χ0n) is 21.4. The molecule has 2 aromatic heterocycles. The molecule has 5 rings (SSSR count). The Morgan fingerprint density at radius 1 is 1.13 bits per heavy atom. The van der Waals surface area contributed by atoms with Crippen LogP contribution in [0.15, 0.2) is 58.7 Å². The van der Waals surface area contributed by atoms with Crippen molar-refractivity contribution in [3.8, 4) is 17.2 Å². The topological polar surface area (TPSA) is 111 Å². The number of rotatable bonds is 6. The molecule has 1 aliphatic heterocycles. The number of hydrogen-bond donors (Lipinski definition) is 2. The molecule has 1 fully saturated rings. The third kappa shape index (κ3) is 6.29. The number of carbonyl (C=O) groups excluding carboxylic acids is 1. The number of nitriles is 1. The third-order valence-electron chi connectivity index (χ3n) is 7.24. The minimum absolute atomic E-state index is 0.214. The zero-order chi connectivity index (χ0) is 26.5. The van der Waals surface area contributed by atoms with Crippen molar-refractivity contribution in [2.24, 2.45) is 4.99 Å². The van der Waals surface area contributed by atoms with Crippen LogP contribution in [-0.2, 0) is 11.2 Å². The predicted molar refractivity (Wildman–Crippen MR) is 151 cm³/mol. The maximum Gasteiger partial charge on any atom is 0.155 e. The van der Waals surface area contributed by atoms with Gasteiger partial charge in [-0.15, -0.1) is 0 Å². The molecule has 1 saturated carbocycles. The van der Waals surface area contributed by atoms with Gasteiger partial charge in [-0.25, -0.2) is 9.98 Å². The molecular weight excluding hydrogens is 494 g/mol. The van der Waals surface area contributed by atoms with E-state index in [9.17, 15) is 15.2 Å². The highest BCUT2D eigenvalue weighted by Crippen LogP contribution is 2.40. The summed E-state index contributed by atoms with van der Waals surface area (Å²) in [5, 5.41) is 23.6. The van der Waals surface area contributed by atoms with Gasteiger partial charge in [0.15, 0.2) is 5.82 Å². The number of aromatic nitrogens is 2. The second-order valence-corrected chi connectivity index (χ2v) is 11.2. The molecule has 38 heavy (non-hydrogen) atoms. The molecule has 0 radical (unpaired) electrons. The van der Waals surface area contributed by atoms with Crippen LogP contribution in [-0.4, -0.2) is 38.6 Å². The number of thioether (sulfide) groups is 1. The molecule has 3 aromatic rings. The number of aliphatic imine (C=N–C) groups is 1. The SMILES string of the molecule is CC1CCC(=Nc2cc(CC=O)cc(NC3CCC(O)CC3)n2)Sc2cc(-c3cncc(C#N)c3)ccc21. The van der Waals surface area contributed by atoms with Gasteiger partial charge in [0.1, 0.15) is 18.2 Å². The number of aliphatic hydroxyl groups excluding tert-OH is 1. The average Bonchev–Trinajstić information content (AvgIpc) is 3.08. The van der Waals surface area contributed by atoms with Gasteiger partial charge in [-0.1, -0.05) is 30.8 Å². The van der Waals surface area contributed by atoms with E-state index >= 15 is 0 Å². The highest BCUT2D eigenvalue weighted by Gasteiger charge is 2.22. The number of hydrogen-bond acceptors (Lipinski definition) is 8. The minimum Gasteiger partial charge on any atom is -0.393 e. The van der Waals surface area contributed by atoms with Crippen LogP contribution < -0.4 is 5.32 Å². The Morgan fingerprint density at radius 2 is 1.97 bits per heavy atom. The summed E-state index contributed by atoms with van der Waals surface area (Å²) < 4.78 is 0. The molecular formula is C30H31N5O2S. The summed E-state index contributed by atoms with van der Waals surface area (Å²) in [6.07, 6.45) is 9.53. The van der Waals surface area contributed by atoms with Crippen LogP contribution in [0.2, 0.25) is 0 Å². The lowest BCUT2D eigenvalue weighted by Gasteiger charge is -2.26. The van der Waals surface area contributed by atoms with Gasteiger partial charge in [-0.2, -0.15) is 5.26 Å². The van der Waals surface area contributed by atoms with Crippen molar-refractivity contribution in [3.05, 3.63) is 65.5 Å². The van der Waals surface area contributed by atoms with Crippen LogP contribution >= 0.6 is 11.8 Å². The molecule has 7 nitrogen and oxygen atoms in total. The lowest BCUT2D eigenvalue weighted by molar-refractivity contribution is -0.107. The van der Waals surface area contributed by atoms with Gasteiger partial charge >= 0.3 is 0 Å². The van der Waals surface area contributed by atoms with Crippen molar-refractivity contribution in [2.45, 2.75) is 74.8 Å². The monoisotopic (exact) mass is 525 g/mol. The molecule has 0 bridgehead atoms. The average molecular weight is 526 g/mol. The van der Waals surface area contributed by atoms with E-state index in [0.717, 1.165) is 77.3 Å². The van der Waals surface area contributed by atoms with Crippen LogP contribution in [0.5, 0.6) is 0 Å². The van der Waals surface area contributed by atoms with Crippen molar-refractivity contribution < 1.29 is 9.90 Å². The lowest BCUT2D eigenvalue weighted by atomic mass is 9.93. The molecule has 2 aliphatic rings. The van der Waals surface area contributed by atoms with Crippen LogP contribution in [0, 0.1) is 11.3 Å². The van der Waals surface area contributed by atoms with E-state index in [1.807, 2.05) is 18.2 Å². The fourth-order valence-corrected chi connectivity index (χ4v) is 6.28. The van der Waals surface area contributed by atoms with Crippen LogP contribution in [0.25, 0.3) is 11.1 Å². The number of aliphatic hydroxyl groups is 1.